The van der Waals surface area contributed by atoms with E-state index >= 15 is 0 Å². The van der Waals surface area contributed by atoms with Gasteiger partial charge in [0.2, 0.25) is 0 Å². The molecule has 2 amide bonds. The maximum atomic E-state index is 13.9. The van der Waals surface area contributed by atoms with Crippen molar-refractivity contribution in [3.05, 3.63) is 98.3 Å². The van der Waals surface area contributed by atoms with Crippen LogP contribution in [0.1, 0.15) is 51.7 Å². The molecule has 5 rings (SSSR count). The standard InChI is InChI=1S/C30H28N2O4S3/c1-2-36-29(35)24-21-15-9-10-16-23(21)38-27(24)31-26(33)22(17-19-11-5-3-6-12-19)25-28(34)32(30(37)39-25)18-20-13-7-4-8-14-20/h3-8,11-14H,2,9-10,15-18H2,1H3,(H,31,33)/b25-22+. The van der Waals surface area contributed by atoms with Crippen molar-refractivity contribution >= 4 is 62.4 Å². The first-order valence-corrected chi connectivity index (χ1v) is 15.0. The molecule has 39 heavy (non-hydrogen) atoms. The first kappa shape index (κ1) is 27.3. The van der Waals surface area contributed by atoms with Gasteiger partial charge in [0.05, 0.1) is 23.6 Å². The van der Waals surface area contributed by atoms with E-state index in [0.717, 1.165) is 59.0 Å². The largest absolute Gasteiger partial charge is 0.462 e. The second kappa shape index (κ2) is 12.3. The van der Waals surface area contributed by atoms with Gasteiger partial charge in [0.25, 0.3) is 11.8 Å². The Morgan fingerprint density at radius 2 is 1.67 bits per heavy atom. The molecule has 1 saturated heterocycles. The topological polar surface area (TPSA) is 75.7 Å². The van der Waals surface area contributed by atoms with Crippen molar-refractivity contribution in [3.8, 4) is 0 Å². The van der Waals surface area contributed by atoms with Gasteiger partial charge in [-0.3, -0.25) is 14.5 Å². The van der Waals surface area contributed by atoms with E-state index in [9.17, 15) is 14.4 Å². The lowest BCUT2D eigenvalue weighted by atomic mass is 9.95. The van der Waals surface area contributed by atoms with Crippen LogP contribution in [0.2, 0.25) is 0 Å². The summed E-state index contributed by atoms with van der Waals surface area (Å²) in [4.78, 5) is 43.5. The molecule has 200 valence electrons. The van der Waals surface area contributed by atoms with Crippen molar-refractivity contribution < 1.29 is 19.1 Å². The number of nitrogens with one attached hydrogen (secondary N) is 1. The van der Waals surface area contributed by atoms with Crippen LogP contribution in [0, 0.1) is 0 Å². The summed E-state index contributed by atoms with van der Waals surface area (Å²) >= 11 is 8.16. The first-order valence-electron chi connectivity index (χ1n) is 12.9. The summed E-state index contributed by atoms with van der Waals surface area (Å²) in [5.41, 5.74) is 3.59. The number of anilines is 1. The van der Waals surface area contributed by atoms with E-state index in [1.54, 1.807) is 6.92 Å². The van der Waals surface area contributed by atoms with Crippen molar-refractivity contribution in [1.29, 1.82) is 0 Å². The molecule has 2 aromatic carbocycles. The van der Waals surface area contributed by atoms with Crippen LogP contribution >= 0.6 is 35.3 Å². The average Bonchev–Trinajstić information content (AvgIpc) is 3.45. The Labute approximate surface area is 241 Å². The molecule has 3 aromatic rings. The summed E-state index contributed by atoms with van der Waals surface area (Å²) in [6.07, 6.45) is 3.95. The summed E-state index contributed by atoms with van der Waals surface area (Å²) in [7, 11) is 0. The molecular formula is C30H28N2O4S3. The van der Waals surface area contributed by atoms with Crippen molar-refractivity contribution in [3.63, 3.8) is 0 Å². The minimum Gasteiger partial charge on any atom is -0.462 e. The number of rotatable bonds is 8. The van der Waals surface area contributed by atoms with E-state index in [-0.39, 0.29) is 18.9 Å². The molecule has 2 aliphatic rings. The van der Waals surface area contributed by atoms with Crippen LogP contribution in [0.4, 0.5) is 5.00 Å². The van der Waals surface area contributed by atoms with Crippen LogP contribution in [0.15, 0.2) is 71.1 Å². The molecular weight excluding hydrogens is 549 g/mol. The molecule has 9 heteroatoms. The lowest BCUT2D eigenvalue weighted by molar-refractivity contribution is -0.123. The zero-order chi connectivity index (χ0) is 27.4. The molecule has 2 heterocycles. The monoisotopic (exact) mass is 576 g/mol. The highest BCUT2D eigenvalue weighted by Gasteiger charge is 2.37. The van der Waals surface area contributed by atoms with Crippen LogP contribution in [-0.2, 0) is 40.1 Å². The van der Waals surface area contributed by atoms with Crippen LogP contribution in [0.3, 0.4) is 0 Å². The van der Waals surface area contributed by atoms with Gasteiger partial charge < -0.3 is 10.1 Å². The number of carbonyl (C=O) groups excluding carboxylic acids is 3. The van der Waals surface area contributed by atoms with Crippen LogP contribution in [-0.4, -0.2) is 33.6 Å². The van der Waals surface area contributed by atoms with Gasteiger partial charge in [-0.25, -0.2) is 4.79 Å². The minimum atomic E-state index is -0.425. The SMILES string of the molecule is CCOC(=O)c1c(NC(=O)/C(Cc2ccccc2)=C2/SC(=S)N(Cc3ccccc3)C2=O)sc2c1CCCC2. The fraction of sp³-hybridized carbons (Fsp3) is 0.267. The third-order valence-corrected chi connectivity index (χ3v) is 9.38. The molecule has 0 saturated carbocycles. The molecule has 0 unspecified atom stereocenters. The van der Waals surface area contributed by atoms with Gasteiger partial charge in [-0.05, 0) is 49.3 Å². The predicted molar refractivity (Wildman–Crippen MR) is 160 cm³/mol. The first-order chi connectivity index (χ1) is 19.0. The van der Waals surface area contributed by atoms with Crippen LogP contribution < -0.4 is 5.32 Å². The number of aryl methyl sites for hydroxylation is 1. The van der Waals surface area contributed by atoms with E-state index < -0.39 is 11.9 Å². The number of esters is 1. The van der Waals surface area contributed by atoms with Gasteiger partial charge in [0.1, 0.15) is 9.32 Å². The van der Waals surface area contributed by atoms with Crippen LogP contribution in [0.25, 0.3) is 0 Å². The zero-order valence-electron chi connectivity index (χ0n) is 21.5. The number of thiocarbonyl (C=S) groups is 1. The Kier molecular flexibility index (Phi) is 8.60. The third kappa shape index (κ3) is 6.00. The molecule has 1 aliphatic carbocycles. The quantitative estimate of drug-likeness (QED) is 0.193. The number of thioether (sulfide) groups is 1. The number of ether oxygens (including phenoxy) is 1. The van der Waals surface area contributed by atoms with E-state index in [1.807, 2.05) is 60.7 Å². The van der Waals surface area contributed by atoms with Crippen LogP contribution in [0.5, 0.6) is 0 Å². The number of hydrogen-bond donors (Lipinski definition) is 1. The maximum absolute atomic E-state index is 13.9. The van der Waals surface area contributed by atoms with Crippen molar-refractivity contribution in [2.75, 3.05) is 11.9 Å². The second-order valence-electron chi connectivity index (χ2n) is 9.30. The Balaban J connectivity index is 1.50. The molecule has 0 radical (unpaired) electrons. The molecule has 1 fully saturated rings. The smallest absolute Gasteiger partial charge is 0.341 e. The van der Waals surface area contributed by atoms with E-state index in [1.165, 1.54) is 16.2 Å². The summed E-state index contributed by atoms with van der Waals surface area (Å²) in [6.45, 7) is 2.35. The Bertz CT molecular complexity index is 1450. The Morgan fingerprint density at radius 1 is 1.00 bits per heavy atom. The molecule has 1 N–H and O–H groups in total. The Morgan fingerprint density at radius 3 is 2.36 bits per heavy atom. The number of benzene rings is 2. The van der Waals surface area contributed by atoms with Crippen molar-refractivity contribution in [2.24, 2.45) is 0 Å². The van der Waals surface area contributed by atoms with Gasteiger partial charge in [-0.15, -0.1) is 11.3 Å². The lowest BCUT2D eigenvalue weighted by Crippen LogP contribution is -2.28. The predicted octanol–water partition coefficient (Wildman–Crippen LogP) is 6.30. The fourth-order valence-electron chi connectivity index (χ4n) is 4.80. The van der Waals surface area contributed by atoms with Gasteiger partial charge in [-0.2, -0.15) is 0 Å². The molecule has 0 bridgehead atoms. The van der Waals surface area contributed by atoms with Crippen molar-refractivity contribution in [1.82, 2.24) is 4.90 Å². The fourth-order valence-corrected chi connectivity index (χ4v) is 7.39. The summed E-state index contributed by atoms with van der Waals surface area (Å²) in [6, 6.07) is 19.2. The number of amides is 2. The number of nitrogens with zero attached hydrogens (tertiary/aromatic N) is 1. The normalized spacial score (nSPS) is 16.2. The van der Waals surface area contributed by atoms with E-state index in [4.69, 9.17) is 17.0 Å². The molecule has 1 aliphatic heterocycles. The average molecular weight is 577 g/mol. The third-order valence-electron chi connectivity index (χ3n) is 6.68. The number of hydrogen-bond acceptors (Lipinski definition) is 7. The molecule has 6 nitrogen and oxygen atoms in total. The van der Waals surface area contributed by atoms with Gasteiger partial charge in [-0.1, -0.05) is 84.6 Å². The highest BCUT2D eigenvalue weighted by atomic mass is 32.2. The molecule has 0 spiro atoms. The molecule has 0 atom stereocenters. The highest BCUT2D eigenvalue weighted by Crippen LogP contribution is 2.40. The summed E-state index contributed by atoms with van der Waals surface area (Å²) in [5, 5.41) is 3.48. The zero-order valence-corrected chi connectivity index (χ0v) is 24.0. The van der Waals surface area contributed by atoms with Gasteiger partial charge in [0.15, 0.2) is 0 Å². The summed E-state index contributed by atoms with van der Waals surface area (Å²) < 4.78 is 5.77. The van der Waals surface area contributed by atoms with Gasteiger partial charge in [0, 0.05) is 16.9 Å². The Hall–Kier alpha value is -3.27. The highest BCUT2D eigenvalue weighted by molar-refractivity contribution is 8.26. The lowest BCUT2D eigenvalue weighted by Gasteiger charge is -2.15. The second-order valence-corrected chi connectivity index (χ2v) is 12.1. The van der Waals surface area contributed by atoms with E-state index in [2.05, 4.69) is 5.32 Å². The summed E-state index contributed by atoms with van der Waals surface area (Å²) in [5.74, 6) is -1.12. The number of carbonyl (C=O) groups is 3. The number of fused-ring (bicyclic) bond motifs is 1. The maximum Gasteiger partial charge on any atom is 0.341 e. The number of thiophene rings is 1. The van der Waals surface area contributed by atoms with Crippen molar-refractivity contribution in [2.45, 2.75) is 45.6 Å². The minimum absolute atomic E-state index is 0.250. The van der Waals surface area contributed by atoms with Gasteiger partial charge >= 0.3 is 5.97 Å². The van der Waals surface area contributed by atoms with E-state index in [0.29, 0.717) is 31.9 Å². The molecule has 1 aromatic heterocycles.